The van der Waals surface area contributed by atoms with E-state index in [4.69, 9.17) is 16.7 Å². The third kappa shape index (κ3) is 4.33. The number of aliphatic hydroxyl groups is 1. The van der Waals surface area contributed by atoms with E-state index < -0.39 is 0 Å². The van der Waals surface area contributed by atoms with Crippen molar-refractivity contribution in [3.05, 3.63) is 56.7 Å². The first-order valence-corrected chi connectivity index (χ1v) is 7.67. The molecule has 0 spiro atoms. The van der Waals surface area contributed by atoms with E-state index in [1.807, 2.05) is 23.6 Å². The second-order valence-electron chi connectivity index (χ2n) is 4.21. The molecule has 0 unspecified atom stereocenters. The Morgan fingerprint density at radius 1 is 1.33 bits per heavy atom. The summed E-state index contributed by atoms with van der Waals surface area (Å²) < 4.78 is 0. The number of carbonyl (C=O) groups is 1. The highest BCUT2D eigenvalue weighted by Crippen LogP contribution is 2.17. The molecule has 3 nitrogen and oxygen atoms in total. The quantitative estimate of drug-likeness (QED) is 0.851. The average Bonchev–Trinajstić information content (AvgIpc) is 2.95. The molecule has 1 heterocycles. The second kappa shape index (κ2) is 7.84. The third-order valence-electron chi connectivity index (χ3n) is 2.73. The summed E-state index contributed by atoms with van der Waals surface area (Å²) in [6, 6.07) is 9.20. The van der Waals surface area contributed by atoms with Crippen LogP contribution in [0.2, 0.25) is 5.02 Å². The first-order valence-electron chi connectivity index (χ1n) is 6.41. The molecule has 21 heavy (non-hydrogen) atoms. The van der Waals surface area contributed by atoms with E-state index in [0.29, 0.717) is 28.4 Å². The lowest BCUT2D eigenvalue weighted by molar-refractivity contribution is 0.0955. The number of hydrogen-bond acceptors (Lipinski definition) is 3. The summed E-state index contributed by atoms with van der Waals surface area (Å²) in [6.07, 6.45) is 0.399. The molecule has 5 heteroatoms. The van der Waals surface area contributed by atoms with E-state index in [1.54, 1.807) is 12.1 Å². The van der Waals surface area contributed by atoms with Crippen LogP contribution in [0.1, 0.15) is 27.2 Å². The van der Waals surface area contributed by atoms with Gasteiger partial charge in [0.15, 0.2) is 0 Å². The summed E-state index contributed by atoms with van der Waals surface area (Å²) in [5, 5.41) is 14.0. The van der Waals surface area contributed by atoms with Crippen LogP contribution in [0.15, 0.2) is 35.7 Å². The fourth-order valence-electron chi connectivity index (χ4n) is 1.69. The Morgan fingerprint density at radius 3 is 2.90 bits per heavy atom. The molecule has 2 aromatic rings. The van der Waals surface area contributed by atoms with Gasteiger partial charge in [-0.05, 0) is 23.1 Å². The van der Waals surface area contributed by atoms with Crippen LogP contribution in [0.4, 0.5) is 0 Å². The predicted octanol–water partition coefficient (Wildman–Crippen LogP) is 3.07. The zero-order valence-electron chi connectivity index (χ0n) is 11.2. The van der Waals surface area contributed by atoms with Crippen molar-refractivity contribution in [2.45, 2.75) is 13.0 Å². The van der Waals surface area contributed by atoms with Gasteiger partial charge in [-0.1, -0.05) is 41.6 Å². The maximum Gasteiger partial charge on any atom is 0.262 e. The predicted molar refractivity (Wildman–Crippen MR) is 85.5 cm³/mol. The van der Waals surface area contributed by atoms with Crippen molar-refractivity contribution in [1.29, 1.82) is 0 Å². The highest BCUT2D eigenvalue weighted by molar-refractivity contribution is 7.12. The van der Waals surface area contributed by atoms with Crippen molar-refractivity contribution < 1.29 is 9.90 Å². The minimum atomic E-state index is -0.168. The minimum absolute atomic E-state index is 0.0190. The molecule has 108 valence electrons. The van der Waals surface area contributed by atoms with E-state index in [-0.39, 0.29) is 12.5 Å². The van der Waals surface area contributed by atoms with Crippen LogP contribution >= 0.6 is 22.9 Å². The molecule has 0 aliphatic carbocycles. The van der Waals surface area contributed by atoms with Gasteiger partial charge in [-0.25, -0.2) is 0 Å². The zero-order chi connectivity index (χ0) is 15.1. The largest absolute Gasteiger partial charge is 0.395 e. The molecule has 2 rings (SSSR count). The van der Waals surface area contributed by atoms with E-state index >= 15 is 0 Å². The molecule has 0 atom stereocenters. The lowest BCUT2D eigenvalue weighted by Crippen LogP contribution is -2.22. The van der Waals surface area contributed by atoms with Crippen molar-refractivity contribution >= 4 is 28.8 Å². The lowest BCUT2D eigenvalue weighted by atomic mass is 10.2. The first-order chi connectivity index (χ1) is 10.2. The monoisotopic (exact) mass is 319 g/mol. The molecule has 0 saturated carbocycles. The topological polar surface area (TPSA) is 49.3 Å². The SMILES string of the molecule is O=C(NCc1ccccc1Cl)c1sccc1C#CCCO. The molecular formula is C16H14ClNO2S. The van der Waals surface area contributed by atoms with E-state index in [1.165, 1.54) is 11.3 Å². The molecule has 0 aliphatic heterocycles. The normalized spacial score (nSPS) is 9.81. The summed E-state index contributed by atoms with van der Waals surface area (Å²) in [6.45, 7) is 0.394. The van der Waals surface area contributed by atoms with Crippen LogP contribution in [0.25, 0.3) is 0 Å². The number of benzene rings is 1. The minimum Gasteiger partial charge on any atom is -0.395 e. The first kappa shape index (κ1) is 15.6. The Balaban J connectivity index is 2.03. The number of rotatable bonds is 4. The highest BCUT2D eigenvalue weighted by Gasteiger charge is 2.12. The maximum absolute atomic E-state index is 12.2. The van der Waals surface area contributed by atoms with Crippen LogP contribution in [0.5, 0.6) is 0 Å². The van der Waals surface area contributed by atoms with Gasteiger partial charge in [-0.2, -0.15) is 0 Å². The standard InChI is InChI=1S/C16H14ClNO2S/c17-14-7-2-1-6-13(14)11-18-16(20)15-12(8-10-21-15)5-3-4-9-19/h1-2,6-8,10,19H,4,9,11H2,(H,18,20). The van der Waals surface area contributed by atoms with Crippen molar-refractivity contribution in [2.75, 3.05) is 6.61 Å². The molecule has 0 saturated heterocycles. The zero-order valence-corrected chi connectivity index (χ0v) is 12.8. The van der Waals surface area contributed by atoms with Crippen molar-refractivity contribution in [3.63, 3.8) is 0 Å². The molecule has 0 radical (unpaired) electrons. The summed E-state index contributed by atoms with van der Waals surface area (Å²) in [4.78, 5) is 12.8. The van der Waals surface area contributed by atoms with Crippen LogP contribution in [-0.4, -0.2) is 17.6 Å². The Hall–Kier alpha value is -1.80. The van der Waals surface area contributed by atoms with Gasteiger partial charge >= 0.3 is 0 Å². The Morgan fingerprint density at radius 2 is 2.14 bits per heavy atom. The van der Waals surface area contributed by atoms with E-state index in [0.717, 1.165) is 5.56 Å². The number of carbonyl (C=O) groups excluding carboxylic acids is 1. The molecule has 1 aromatic heterocycles. The number of aliphatic hydroxyl groups excluding tert-OH is 1. The van der Waals surface area contributed by atoms with Crippen molar-refractivity contribution in [3.8, 4) is 11.8 Å². The Bertz CT molecular complexity index is 685. The molecule has 2 N–H and O–H groups in total. The molecule has 0 aliphatic rings. The number of thiophene rings is 1. The van der Waals surface area contributed by atoms with Gasteiger partial charge in [0, 0.05) is 23.6 Å². The van der Waals surface area contributed by atoms with Gasteiger partial charge in [-0.15, -0.1) is 11.3 Å². The fraction of sp³-hybridized carbons (Fsp3) is 0.188. The van der Waals surface area contributed by atoms with Gasteiger partial charge in [0.1, 0.15) is 4.88 Å². The van der Waals surface area contributed by atoms with Gasteiger partial charge in [0.05, 0.1) is 6.61 Å². The van der Waals surface area contributed by atoms with Crippen molar-refractivity contribution in [2.24, 2.45) is 0 Å². The number of hydrogen-bond donors (Lipinski definition) is 2. The summed E-state index contributed by atoms with van der Waals surface area (Å²) in [7, 11) is 0. The Labute approximate surface area is 132 Å². The molecule has 0 bridgehead atoms. The average molecular weight is 320 g/mol. The third-order valence-corrected chi connectivity index (χ3v) is 4.01. The van der Waals surface area contributed by atoms with Gasteiger partial charge in [-0.3, -0.25) is 4.79 Å². The molecule has 1 aromatic carbocycles. The summed E-state index contributed by atoms with van der Waals surface area (Å²) in [5.41, 5.74) is 1.56. The van der Waals surface area contributed by atoms with Crippen molar-refractivity contribution in [1.82, 2.24) is 5.32 Å². The summed E-state index contributed by atoms with van der Waals surface area (Å²) in [5.74, 6) is 5.55. The van der Waals surface area contributed by atoms with Gasteiger partial charge in [0.25, 0.3) is 5.91 Å². The Kier molecular flexibility index (Phi) is 5.82. The van der Waals surface area contributed by atoms with Crippen LogP contribution in [0.3, 0.4) is 0 Å². The van der Waals surface area contributed by atoms with Crippen LogP contribution in [-0.2, 0) is 6.54 Å². The molecule has 1 amide bonds. The second-order valence-corrected chi connectivity index (χ2v) is 5.54. The number of halogens is 1. The summed E-state index contributed by atoms with van der Waals surface area (Å²) >= 11 is 7.40. The molecular weight excluding hydrogens is 306 g/mol. The smallest absolute Gasteiger partial charge is 0.262 e. The van der Waals surface area contributed by atoms with Gasteiger partial charge in [0.2, 0.25) is 0 Å². The van der Waals surface area contributed by atoms with Crippen LogP contribution in [0, 0.1) is 11.8 Å². The number of amides is 1. The fourth-order valence-corrected chi connectivity index (χ4v) is 2.66. The van der Waals surface area contributed by atoms with E-state index in [2.05, 4.69) is 17.2 Å². The number of nitrogens with one attached hydrogen (secondary N) is 1. The van der Waals surface area contributed by atoms with Crippen LogP contribution < -0.4 is 5.32 Å². The van der Waals surface area contributed by atoms with Gasteiger partial charge < -0.3 is 10.4 Å². The maximum atomic E-state index is 12.2. The van der Waals surface area contributed by atoms with E-state index in [9.17, 15) is 4.79 Å². The molecule has 0 fully saturated rings. The highest BCUT2D eigenvalue weighted by atomic mass is 35.5. The lowest BCUT2D eigenvalue weighted by Gasteiger charge is -2.06.